The first-order chi connectivity index (χ1) is 23.0. The number of hydrogen-bond acceptors (Lipinski definition) is 7. The van der Waals surface area contributed by atoms with Gasteiger partial charge in [-0.05, 0) is 55.3 Å². The second-order valence-electron chi connectivity index (χ2n) is 13.2. The average molecular weight is 643 g/mol. The second kappa shape index (κ2) is 10.4. The Kier molecular flexibility index (Phi) is 6.40. The highest BCUT2D eigenvalue weighted by molar-refractivity contribution is 6.25. The van der Waals surface area contributed by atoms with Crippen molar-refractivity contribution in [3.05, 3.63) is 108 Å². The number of hydrogen-bond donors (Lipinski definition) is 3. The molecule has 10 nitrogen and oxygen atoms in total. The Morgan fingerprint density at radius 2 is 1.52 bits per heavy atom. The van der Waals surface area contributed by atoms with Crippen molar-refractivity contribution in [2.75, 3.05) is 9.80 Å². The van der Waals surface area contributed by atoms with E-state index in [1.807, 2.05) is 30.3 Å². The molecule has 2 saturated heterocycles. The second-order valence-corrected chi connectivity index (χ2v) is 13.2. The molecule has 48 heavy (non-hydrogen) atoms. The van der Waals surface area contributed by atoms with Crippen molar-refractivity contribution < 1.29 is 39.3 Å². The summed E-state index contributed by atoms with van der Waals surface area (Å²) >= 11 is 0. The maximum atomic E-state index is 14.6. The van der Waals surface area contributed by atoms with Gasteiger partial charge in [0.25, 0.3) is 0 Å². The molecular formula is C38H30N2O8. The zero-order chi connectivity index (χ0) is 33.6. The fraction of sp³-hybridized carbons (Fsp3) is 0.237. The van der Waals surface area contributed by atoms with Gasteiger partial charge in [0.15, 0.2) is 0 Å². The summed E-state index contributed by atoms with van der Waals surface area (Å²) in [4.78, 5) is 70.8. The third kappa shape index (κ3) is 3.89. The summed E-state index contributed by atoms with van der Waals surface area (Å²) in [7, 11) is 0. The van der Waals surface area contributed by atoms with E-state index in [1.54, 1.807) is 49.4 Å². The summed E-state index contributed by atoms with van der Waals surface area (Å²) in [5.41, 5.74) is -0.00169. The van der Waals surface area contributed by atoms with E-state index < -0.39 is 70.4 Å². The summed E-state index contributed by atoms with van der Waals surface area (Å²) in [6.45, 7) is 1.77. The average Bonchev–Trinajstić information content (AvgIpc) is 3.45. The van der Waals surface area contributed by atoms with Gasteiger partial charge in [0, 0.05) is 22.9 Å². The molecule has 8 rings (SSSR count). The number of phenolic OH excluding ortho intramolecular Hbond substituents is 1. The molecule has 0 unspecified atom stereocenters. The van der Waals surface area contributed by atoms with Gasteiger partial charge in [0.2, 0.25) is 23.6 Å². The van der Waals surface area contributed by atoms with Gasteiger partial charge in [-0.3, -0.25) is 19.2 Å². The molecule has 4 amide bonds. The predicted molar refractivity (Wildman–Crippen MR) is 174 cm³/mol. The Morgan fingerprint density at radius 1 is 0.792 bits per heavy atom. The largest absolute Gasteiger partial charge is 0.507 e. The molecule has 0 spiro atoms. The molecule has 0 radical (unpaired) electrons. The number of aromatic carboxylic acids is 1. The van der Waals surface area contributed by atoms with E-state index in [0.717, 1.165) is 28.0 Å². The molecule has 2 aliphatic carbocycles. The van der Waals surface area contributed by atoms with Crippen LogP contribution in [0.4, 0.5) is 11.4 Å². The normalized spacial score (nSPS) is 27.9. The lowest BCUT2D eigenvalue weighted by atomic mass is 9.51. The molecule has 2 heterocycles. The van der Waals surface area contributed by atoms with Crippen LogP contribution in [0.25, 0.3) is 10.8 Å². The number of rotatable bonds is 4. The number of phenols is 2. The lowest BCUT2D eigenvalue weighted by Crippen LogP contribution is -2.48. The van der Waals surface area contributed by atoms with Crippen LogP contribution < -0.4 is 9.80 Å². The van der Waals surface area contributed by atoms with Crippen molar-refractivity contribution in [2.45, 2.75) is 25.7 Å². The van der Waals surface area contributed by atoms with Gasteiger partial charge in [-0.25, -0.2) is 14.6 Å². The van der Waals surface area contributed by atoms with Crippen LogP contribution in [0.5, 0.6) is 11.5 Å². The van der Waals surface area contributed by atoms with Gasteiger partial charge in [-0.1, -0.05) is 66.2 Å². The molecule has 4 aliphatic rings. The monoisotopic (exact) mass is 642 g/mol. The van der Waals surface area contributed by atoms with Crippen LogP contribution in [0.2, 0.25) is 0 Å². The number of imide groups is 2. The maximum absolute atomic E-state index is 14.6. The Bertz CT molecular complexity index is 2140. The number of benzene rings is 4. The third-order valence-corrected chi connectivity index (χ3v) is 11.0. The van der Waals surface area contributed by atoms with Gasteiger partial charge in [-0.2, -0.15) is 0 Å². The molecule has 1 saturated carbocycles. The molecule has 4 aromatic carbocycles. The minimum absolute atomic E-state index is 0.00962. The van der Waals surface area contributed by atoms with Crippen molar-refractivity contribution in [3.8, 4) is 11.5 Å². The van der Waals surface area contributed by atoms with Crippen LogP contribution in [0.15, 0.2) is 96.6 Å². The minimum atomic E-state index is -1.35. The van der Waals surface area contributed by atoms with E-state index in [-0.39, 0.29) is 29.8 Å². The Hall–Kier alpha value is -5.77. The summed E-state index contributed by atoms with van der Waals surface area (Å²) in [6.07, 6.45) is 2.22. The number of carboxylic acids is 1. The fourth-order valence-electron chi connectivity index (χ4n) is 8.78. The van der Waals surface area contributed by atoms with E-state index in [2.05, 4.69) is 0 Å². The molecule has 0 aromatic heterocycles. The van der Waals surface area contributed by atoms with Crippen LogP contribution in [0.1, 0.15) is 41.6 Å². The summed E-state index contributed by atoms with van der Waals surface area (Å²) in [5.74, 6) is -7.64. The zero-order valence-corrected chi connectivity index (χ0v) is 25.7. The number of carbonyl (C=O) groups is 5. The molecule has 0 bridgehead atoms. The third-order valence-electron chi connectivity index (χ3n) is 11.0. The summed E-state index contributed by atoms with van der Waals surface area (Å²) in [5, 5.41) is 32.9. The number of aromatic hydroxyl groups is 2. The molecule has 2 aliphatic heterocycles. The molecule has 10 heteroatoms. The van der Waals surface area contributed by atoms with Gasteiger partial charge in [0.1, 0.15) is 17.1 Å². The Balaban J connectivity index is 1.28. The fourth-order valence-corrected chi connectivity index (χ4v) is 8.78. The number of amides is 4. The molecule has 240 valence electrons. The van der Waals surface area contributed by atoms with E-state index >= 15 is 0 Å². The molecule has 4 aromatic rings. The molecule has 3 fully saturated rings. The van der Waals surface area contributed by atoms with Crippen molar-refractivity contribution in [3.63, 3.8) is 0 Å². The number of carbonyl (C=O) groups excluding carboxylic acids is 4. The van der Waals surface area contributed by atoms with Crippen LogP contribution >= 0.6 is 0 Å². The lowest BCUT2D eigenvalue weighted by molar-refractivity contribution is -0.131. The lowest BCUT2D eigenvalue weighted by Gasteiger charge is -2.49. The van der Waals surface area contributed by atoms with Crippen molar-refractivity contribution in [1.29, 1.82) is 0 Å². The van der Waals surface area contributed by atoms with Crippen molar-refractivity contribution in [2.24, 2.45) is 29.1 Å². The van der Waals surface area contributed by atoms with Crippen LogP contribution in [-0.4, -0.2) is 44.9 Å². The van der Waals surface area contributed by atoms with Crippen molar-refractivity contribution >= 4 is 51.7 Å². The smallest absolute Gasteiger partial charge is 0.339 e. The number of para-hydroxylation sites is 1. The van der Waals surface area contributed by atoms with Crippen LogP contribution in [0.3, 0.4) is 0 Å². The first-order valence-corrected chi connectivity index (χ1v) is 15.8. The topological polar surface area (TPSA) is 153 Å². The van der Waals surface area contributed by atoms with Gasteiger partial charge >= 0.3 is 5.97 Å². The van der Waals surface area contributed by atoms with Crippen molar-refractivity contribution in [1.82, 2.24) is 0 Å². The van der Waals surface area contributed by atoms with Gasteiger partial charge in [-0.15, -0.1) is 0 Å². The number of fused-ring (bicyclic) bond motifs is 5. The highest BCUT2D eigenvalue weighted by Crippen LogP contribution is 2.64. The predicted octanol–water partition coefficient (Wildman–Crippen LogP) is 5.38. The first kappa shape index (κ1) is 29.6. The highest BCUT2D eigenvalue weighted by atomic mass is 16.4. The van der Waals surface area contributed by atoms with E-state index in [0.29, 0.717) is 16.6 Å². The SMILES string of the molecule is C[C@@]12C(=O)N(c3ccccc3)C(=O)[C@@H]1C[C@@H]1C(=CC[C@@H]3C(=O)N(c4ccc(C(=O)O)c(O)c4)C(=O)[C@@H]31)[C@@H]2c1ccc2ccccc2c1O. The number of anilines is 2. The van der Waals surface area contributed by atoms with E-state index in [4.69, 9.17) is 0 Å². The molecule has 3 N–H and O–H groups in total. The Morgan fingerprint density at radius 3 is 2.25 bits per heavy atom. The van der Waals surface area contributed by atoms with Gasteiger partial charge in [0.05, 0.1) is 34.5 Å². The van der Waals surface area contributed by atoms with Crippen LogP contribution in [0, 0.1) is 29.1 Å². The van der Waals surface area contributed by atoms with E-state index in [9.17, 15) is 39.3 Å². The summed E-state index contributed by atoms with van der Waals surface area (Å²) < 4.78 is 0. The number of nitrogens with zero attached hydrogens (tertiary/aromatic N) is 2. The Labute approximate surface area is 274 Å². The number of carboxylic acid groups (broad SMARTS) is 1. The van der Waals surface area contributed by atoms with Crippen LogP contribution in [-0.2, 0) is 19.2 Å². The molecule has 6 atom stereocenters. The maximum Gasteiger partial charge on any atom is 0.339 e. The standard InChI is InChI=1S/C38H30N2O8/c1-38-28(34(44)40(37(38)48)20-8-3-2-4-9-20)18-27-23(31(38)26-13-11-19-7-5-6-10-22(19)32(26)42)15-16-25-30(27)35(45)39(33(25)43)21-12-14-24(36(46)47)29(41)17-21/h2-15,17,25,27-28,30-31,41-42H,16,18H2,1H3,(H,46,47)/t25-,27+,28-,30-,31+,38+/m0/s1. The minimum Gasteiger partial charge on any atom is -0.507 e. The first-order valence-electron chi connectivity index (χ1n) is 15.8. The summed E-state index contributed by atoms with van der Waals surface area (Å²) in [6, 6.07) is 23.2. The van der Waals surface area contributed by atoms with E-state index in [1.165, 1.54) is 11.0 Å². The highest BCUT2D eigenvalue weighted by Gasteiger charge is 2.68. The van der Waals surface area contributed by atoms with Gasteiger partial charge < -0.3 is 15.3 Å². The molecular weight excluding hydrogens is 612 g/mol. The zero-order valence-electron chi connectivity index (χ0n) is 25.7. The number of allylic oxidation sites excluding steroid dienone is 2. The quantitative estimate of drug-likeness (QED) is 0.198.